The molecule has 0 aliphatic rings. The Bertz CT molecular complexity index is 2060. The molecule has 0 fully saturated rings. The summed E-state index contributed by atoms with van der Waals surface area (Å²) in [5.74, 6) is 0. The van der Waals surface area contributed by atoms with Crippen LogP contribution in [0.25, 0.3) is 67.5 Å². The summed E-state index contributed by atoms with van der Waals surface area (Å²) in [6, 6.07) is 60.9. The van der Waals surface area contributed by atoms with Gasteiger partial charge in [-0.25, -0.2) is 0 Å². The summed E-state index contributed by atoms with van der Waals surface area (Å²) in [6.07, 6.45) is 0. The molecule has 9 aromatic rings. The number of nitrogens with zero attached hydrogens (tertiary/aromatic N) is 6. The Morgan fingerprint density at radius 1 is 0.263 bits per heavy atom. The van der Waals surface area contributed by atoms with Gasteiger partial charge in [0, 0.05) is 10.7 Å². The number of aromatic nitrogens is 6. The number of hydrogen-bond donors (Lipinski definition) is 0. The first-order valence-corrected chi connectivity index (χ1v) is 20.2. The third-order valence-electron chi connectivity index (χ3n) is 8.28. The van der Waals surface area contributed by atoms with Crippen molar-refractivity contribution in [1.82, 2.24) is 30.6 Å². The van der Waals surface area contributed by atoms with Gasteiger partial charge in [-0.3, -0.25) is 0 Å². The zero-order valence-electron chi connectivity index (χ0n) is 29.5. The molecule has 0 spiro atoms. The van der Waals surface area contributed by atoms with Gasteiger partial charge in [0.25, 0.3) is 0 Å². The second-order valence-corrected chi connectivity index (χ2v) is 15.1. The molecular formula is C45H30Ag3I3N6. The molecule has 6 nitrogen and oxygen atoms in total. The molecule has 0 radical (unpaired) electrons. The standard InChI is InChI=1S/3C15H10IN2.3Ag/c3*16-13-14(11-7-3-1-4-8-11)17-18-15(13)12-9-5-2-6-10-12;;;/h3*1-10H;;;/q3*-1;3*+1. The summed E-state index contributed by atoms with van der Waals surface area (Å²) in [4.78, 5) is 0. The molecule has 6 aromatic carbocycles. The van der Waals surface area contributed by atoms with Gasteiger partial charge < -0.3 is 30.6 Å². The molecule has 0 amide bonds. The van der Waals surface area contributed by atoms with Gasteiger partial charge in [-0.1, -0.05) is 199 Å². The summed E-state index contributed by atoms with van der Waals surface area (Å²) in [5.41, 5.74) is 12.4. The molecule has 3 heterocycles. The molecule has 0 saturated heterocycles. The Balaban J connectivity index is 0.000000185. The maximum absolute atomic E-state index is 4.30. The second kappa shape index (κ2) is 23.8. The van der Waals surface area contributed by atoms with E-state index in [1.807, 2.05) is 109 Å². The van der Waals surface area contributed by atoms with Crippen molar-refractivity contribution in [3.63, 3.8) is 0 Å². The Labute approximate surface area is 420 Å². The van der Waals surface area contributed by atoms with E-state index < -0.39 is 0 Å². The maximum atomic E-state index is 4.30. The molecule has 0 atom stereocenters. The van der Waals surface area contributed by atoms with Crippen LogP contribution in [-0.4, -0.2) is 15.3 Å². The summed E-state index contributed by atoms with van der Waals surface area (Å²) in [6.45, 7) is 0. The van der Waals surface area contributed by atoms with Crippen LogP contribution in [0.5, 0.6) is 0 Å². The summed E-state index contributed by atoms with van der Waals surface area (Å²) in [5, 5.41) is 25.8. The van der Waals surface area contributed by atoms with Crippen LogP contribution >= 0.6 is 67.8 Å². The van der Waals surface area contributed by atoms with Crippen molar-refractivity contribution in [1.29, 1.82) is 0 Å². The molecule has 57 heavy (non-hydrogen) atoms. The first kappa shape index (κ1) is 47.0. The van der Waals surface area contributed by atoms with Gasteiger partial charge in [-0.2, -0.15) is 0 Å². The molecule has 0 unspecified atom stereocenters. The third kappa shape index (κ3) is 12.0. The van der Waals surface area contributed by atoms with Crippen molar-refractivity contribution in [2.45, 2.75) is 0 Å². The molecule has 0 aliphatic carbocycles. The first-order chi connectivity index (χ1) is 26.6. The molecular weight excluding hydrogens is 1330 g/mol. The zero-order chi connectivity index (χ0) is 37.1. The maximum Gasteiger partial charge on any atom is 1.00 e. The fourth-order valence-electron chi connectivity index (χ4n) is 5.58. The van der Waals surface area contributed by atoms with Gasteiger partial charge in [-0.15, -0.1) is 0 Å². The minimum absolute atomic E-state index is 0. The van der Waals surface area contributed by atoms with E-state index in [9.17, 15) is 0 Å². The van der Waals surface area contributed by atoms with E-state index in [1.165, 1.54) is 0 Å². The van der Waals surface area contributed by atoms with Crippen LogP contribution in [0.1, 0.15) is 0 Å². The van der Waals surface area contributed by atoms with E-state index >= 15 is 0 Å². The SMILES string of the molecule is Ic1c(-c2ccccc2)n[n-]c1-c1ccccc1.Ic1c(-c2ccccc2)n[n-]c1-c1ccccc1.Ic1c(-c2ccccc2)n[n-]c1-c1ccccc1.[Ag+].[Ag+].[Ag+]. The Morgan fingerprint density at radius 2 is 0.439 bits per heavy atom. The quantitative estimate of drug-likeness (QED) is 0.122. The second-order valence-electron chi connectivity index (χ2n) is 11.8. The van der Waals surface area contributed by atoms with Gasteiger partial charge in [0.2, 0.25) is 0 Å². The average molecular weight is 1360 g/mol. The first-order valence-electron chi connectivity index (χ1n) is 17.0. The largest absolute Gasteiger partial charge is 1.00 e. The van der Waals surface area contributed by atoms with Crippen molar-refractivity contribution in [3.8, 4) is 67.5 Å². The normalized spacial score (nSPS) is 9.95. The van der Waals surface area contributed by atoms with Crippen molar-refractivity contribution in [3.05, 3.63) is 193 Å². The third-order valence-corrected chi connectivity index (χ3v) is 11.3. The molecule has 0 saturated carbocycles. The molecule has 0 aliphatic heterocycles. The van der Waals surface area contributed by atoms with Gasteiger partial charge in [-0.05, 0) is 101 Å². The minimum atomic E-state index is 0. The van der Waals surface area contributed by atoms with Crippen LogP contribution in [0.4, 0.5) is 0 Å². The van der Waals surface area contributed by atoms with E-state index in [1.54, 1.807) is 0 Å². The molecule has 3 aromatic heterocycles. The van der Waals surface area contributed by atoms with Crippen molar-refractivity contribution >= 4 is 67.8 Å². The smallest absolute Gasteiger partial charge is 0.574 e. The summed E-state index contributed by atoms with van der Waals surface area (Å²) < 4.78 is 3.31. The summed E-state index contributed by atoms with van der Waals surface area (Å²) in [7, 11) is 0. The Morgan fingerprint density at radius 3 is 0.632 bits per heavy atom. The van der Waals surface area contributed by atoms with E-state index in [-0.39, 0.29) is 67.1 Å². The summed E-state index contributed by atoms with van der Waals surface area (Å²) >= 11 is 6.95. The number of benzene rings is 6. The van der Waals surface area contributed by atoms with Gasteiger partial charge >= 0.3 is 67.1 Å². The average Bonchev–Trinajstić information content (AvgIpc) is 3.96. The van der Waals surface area contributed by atoms with E-state index in [0.717, 1.165) is 78.3 Å². The number of halogens is 3. The van der Waals surface area contributed by atoms with Crippen molar-refractivity contribution in [2.75, 3.05) is 0 Å². The number of rotatable bonds is 6. The fourth-order valence-corrected chi connectivity index (χ4v) is 8.10. The van der Waals surface area contributed by atoms with Crippen LogP contribution in [-0.2, 0) is 67.1 Å². The molecule has 9 rings (SSSR count). The predicted octanol–water partition coefficient (Wildman–Crippen LogP) is 11.9. The topological polar surface area (TPSA) is 81.0 Å². The number of hydrogen-bond acceptors (Lipinski definition) is 3. The van der Waals surface area contributed by atoms with E-state index in [2.05, 4.69) is 171 Å². The molecule has 0 N–H and O–H groups in total. The predicted molar refractivity (Wildman–Crippen MR) is 243 cm³/mol. The van der Waals surface area contributed by atoms with Crippen LogP contribution in [0, 0.1) is 10.7 Å². The van der Waals surface area contributed by atoms with Crippen molar-refractivity contribution in [2.24, 2.45) is 0 Å². The van der Waals surface area contributed by atoms with E-state index in [0.29, 0.717) is 0 Å². The fraction of sp³-hybridized carbons (Fsp3) is 0. The zero-order valence-corrected chi connectivity index (χ0v) is 40.5. The molecule has 12 heteroatoms. The Kier molecular flexibility index (Phi) is 19.7. The minimum Gasteiger partial charge on any atom is -0.574 e. The van der Waals surface area contributed by atoms with Crippen LogP contribution in [0.3, 0.4) is 0 Å². The van der Waals surface area contributed by atoms with Crippen molar-refractivity contribution < 1.29 is 67.1 Å². The van der Waals surface area contributed by atoms with Crippen LogP contribution in [0.2, 0.25) is 0 Å². The Hall–Kier alpha value is -2.64. The van der Waals surface area contributed by atoms with E-state index in [4.69, 9.17) is 0 Å². The van der Waals surface area contributed by atoms with Crippen LogP contribution in [0.15, 0.2) is 182 Å². The monoisotopic (exact) mass is 1360 g/mol. The van der Waals surface area contributed by atoms with Crippen LogP contribution < -0.4 is 15.3 Å². The van der Waals surface area contributed by atoms with Gasteiger partial charge in [0.1, 0.15) is 0 Å². The van der Waals surface area contributed by atoms with Gasteiger partial charge in [0.15, 0.2) is 0 Å². The van der Waals surface area contributed by atoms with Gasteiger partial charge in [0.05, 0.1) is 17.1 Å². The molecule has 294 valence electrons. The molecule has 0 bridgehead atoms.